The Balaban J connectivity index is 1.60. The fourth-order valence-electron chi connectivity index (χ4n) is 4.29. The first-order valence-electron chi connectivity index (χ1n) is 11.7. The van der Waals surface area contributed by atoms with Gasteiger partial charge in [-0.2, -0.15) is 13.2 Å². The summed E-state index contributed by atoms with van der Waals surface area (Å²) in [4.78, 5) is 14.2. The molecule has 0 radical (unpaired) electrons. The zero-order chi connectivity index (χ0) is 24.9. The molecule has 2 heterocycles. The van der Waals surface area contributed by atoms with Gasteiger partial charge in [-0.15, -0.1) is 0 Å². The number of pyridine rings is 1. The van der Waals surface area contributed by atoms with Gasteiger partial charge >= 0.3 is 6.18 Å². The van der Waals surface area contributed by atoms with E-state index in [1.54, 1.807) is 6.20 Å². The van der Waals surface area contributed by atoms with Gasteiger partial charge in [0, 0.05) is 11.9 Å². The van der Waals surface area contributed by atoms with Crippen molar-refractivity contribution in [1.82, 2.24) is 14.5 Å². The number of halogens is 3. The van der Waals surface area contributed by atoms with Gasteiger partial charge in [-0.25, -0.2) is 4.98 Å². The van der Waals surface area contributed by atoms with Crippen LogP contribution in [0.3, 0.4) is 0 Å². The molecule has 1 aromatic heterocycles. The molecule has 0 saturated heterocycles. The standard InChI is InChI=1S/C28H22F3N5/c1-17-21(6-4-14-32-17)34-23-15-25-27(16-24(23)33-19-10-11-19)36(26-7-3-2-5-22(26)35-25)20-12-8-18(9-13-20)28(29,30)31/h2-9,12-16,19,34H,10-11H2,1H3. The Morgan fingerprint density at radius 1 is 0.944 bits per heavy atom. The number of anilines is 2. The molecule has 3 aliphatic rings. The van der Waals surface area contributed by atoms with E-state index in [1.807, 2.05) is 60.0 Å². The van der Waals surface area contributed by atoms with Crippen molar-refractivity contribution in [2.24, 2.45) is 4.99 Å². The number of para-hydroxylation sites is 2. The Morgan fingerprint density at radius 2 is 1.72 bits per heavy atom. The number of alkyl halides is 3. The highest BCUT2D eigenvalue weighted by atomic mass is 19.4. The Hall–Kier alpha value is -4.20. The van der Waals surface area contributed by atoms with Crippen molar-refractivity contribution in [2.75, 3.05) is 5.32 Å². The maximum absolute atomic E-state index is 13.2. The van der Waals surface area contributed by atoms with Crippen LogP contribution in [0.2, 0.25) is 0 Å². The van der Waals surface area contributed by atoms with Crippen LogP contribution in [0, 0.1) is 6.92 Å². The smallest absolute Gasteiger partial charge is 0.352 e. The average Bonchev–Trinajstić information content (AvgIpc) is 3.68. The molecule has 1 saturated carbocycles. The molecule has 3 aromatic rings. The minimum absolute atomic E-state index is 0.269. The van der Waals surface area contributed by atoms with E-state index in [2.05, 4.69) is 10.3 Å². The molecule has 6 rings (SSSR count). The minimum atomic E-state index is -4.40. The summed E-state index contributed by atoms with van der Waals surface area (Å²) in [5.74, 6) is 0. The van der Waals surface area contributed by atoms with E-state index in [0.717, 1.165) is 64.1 Å². The van der Waals surface area contributed by atoms with Crippen LogP contribution in [0.25, 0.3) is 28.1 Å². The van der Waals surface area contributed by atoms with Gasteiger partial charge in [-0.05, 0) is 80.4 Å². The van der Waals surface area contributed by atoms with Crippen molar-refractivity contribution in [3.05, 3.63) is 95.6 Å². The lowest BCUT2D eigenvalue weighted by Crippen LogP contribution is -2.16. The highest BCUT2D eigenvalue weighted by Gasteiger charge is 2.30. The van der Waals surface area contributed by atoms with Crippen molar-refractivity contribution < 1.29 is 13.2 Å². The summed E-state index contributed by atoms with van der Waals surface area (Å²) >= 11 is 0. The number of nitrogens with one attached hydrogen (secondary N) is 1. The summed E-state index contributed by atoms with van der Waals surface area (Å²) < 4.78 is 41.6. The van der Waals surface area contributed by atoms with Crippen molar-refractivity contribution in [1.29, 1.82) is 0 Å². The minimum Gasteiger partial charge on any atom is -0.352 e. The predicted octanol–water partition coefficient (Wildman–Crippen LogP) is 6.66. The van der Waals surface area contributed by atoms with Gasteiger partial charge in [0.15, 0.2) is 0 Å². The van der Waals surface area contributed by atoms with E-state index in [9.17, 15) is 13.2 Å². The largest absolute Gasteiger partial charge is 0.416 e. The Kier molecular flexibility index (Phi) is 5.25. The second kappa shape index (κ2) is 8.48. The van der Waals surface area contributed by atoms with Crippen molar-refractivity contribution in [3.63, 3.8) is 0 Å². The lowest BCUT2D eigenvalue weighted by atomic mass is 10.1. The molecule has 2 aliphatic carbocycles. The fraction of sp³-hybridized carbons (Fsp3) is 0.179. The second-order valence-electron chi connectivity index (χ2n) is 8.96. The van der Waals surface area contributed by atoms with E-state index >= 15 is 0 Å². The van der Waals surface area contributed by atoms with Crippen molar-refractivity contribution >= 4 is 22.4 Å². The van der Waals surface area contributed by atoms with Crippen LogP contribution in [0.5, 0.6) is 0 Å². The summed E-state index contributed by atoms with van der Waals surface area (Å²) in [5, 5.41) is 4.25. The first-order valence-corrected chi connectivity index (χ1v) is 11.7. The molecule has 1 N–H and O–H groups in total. The van der Waals surface area contributed by atoms with E-state index in [0.29, 0.717) is 11.4 Å². The number of fused-ring (bicyclic) bond motifs is 2. The molecule has 8 heteroatoms. The predicted molar refractivity (Wildman–Crippen MR) is 134 cm³/mol. The molecule has 180 valence electrons. The summed E-state index contributed by atoms with van der Waals surface area (Å²) in [6.07, 6.45) is -0.569. The van der Waals surface area contributed by atoms with Crippen LogP contribution in [0.1, 0.15) is 24.1 Å². The lowest BCUT2D eigenvalue weighted by Gasteiger charge is -2.21. The number of hydrogen-bond donors (Lipinski definition) is 1. The zero-order valence-electron chi connectivity index (χ0n) is 19.4. The van der Waals surface area contributed by atoms with Gasteiger partial charge in [-0.3, -0.25) is 9.98 Å². The molecule has 0 amide bonds. The Labute approximate surface area is 205 Å². The third-order valence-corrected chi connectivity index (χ3v) is 6.29. The molecule has 0 atom stereocenters. The molecule has 0 bridgehead atoms. The quantitative estimate of drug-likeness (QED) is 0.290. The summed E-state index contributed by atoms with van der Waals surface area (Å²) in [6.45, 7) is 1.94. The lowest BCUT2D eigenvalue weighted by molar-refractivity contribution is -0.137. The third-order valence-electron chi connectivity index (χ3n) is 6.29. The Morgan fingerprint density at radius 3 is 2.44 bits per heavy atom. The summed E-state index contributed by atoms with van der Waals surface area (Å²) in [5.41, 5.74) is 5.49. The second-order valence-corrected chi connectivity index (χ2v) is 8.96. The molecule has 0 unspecified atom stereocenters. The van der Waals surface area contributed by atoms with Crippen LogP contribution in [0.15, 0.2) is 84.0 Å². The van der Waals surface area contributed by atoms with Gasteiger partial charge in [0.1, 0.15) is 0 Å². The number of benzene rings is 3. The van der Waals surface area contributed by atoms with Crippen LogP contribution in [-0.2, 0) is 6.18 Å². The normalized spacial score (nSPS) is 14.5. The molecular formula is C28H22F3N5. The maximum Gasteiger partial charge on any atom is 0.416 e. The van der Waals surface area contributed by atoms with Crippen molar-refractivity contribution in [3.8, 4) is 17.1 Å². The summed E-state index contributed by atoms with van der Waals surface area (Å²) in [6, 6.07) is 20.9. The van der Waals surface area contributed by atoms with Gasteiger partial charge < -0.3 is 9.88 Å². The molecule has 36 heavy (non-hydrogen) atoms. The SMILES string of the molecule is Cc1ncccc1Nc1cc2nc3ccccc3n(-c3ccc(C(F)(F)F)cc3)c-2cc1=NC1CC1. The fourth-order valence-corrected chi connectivity index (χ4v) is 4.29. The zero-order valence-corrected chi connectivity index (χ0v) is 19.4. The van der Waals surface area contributed by atoms with E-state index in [-0.39, 0.29) is 6.04 Å². The first kappa shape index (κ1) is 22.3. The molecule has 2 aromatic carbocycles. The monoisotopic (exact) mass is 485 g/mol. The van der Waals surface area contributed by atoms with Gasteiger partial charge in [-0.1, -0.05) is 12.1 Å². The highest BCUT2D eigenvalue weighted by Crippen LogP contribution is 2.34. The molecule has 1 fully saturated rings. The molecule has 0 spiro atoms. The number of rotatable bonds is 4. The van der Waals surface area contributed by atoms with Crippen LogP contribution in [-0.4, -0.2) is 20.6 Å². The number of hydrogen-bond acceptors (Lipinski definition) is 4. The first-order chi connectivity index (χ1) is 17.4. The number of aromatic nitrogens is 3. The molecule has 1 aliphatic heterocycles. The van der Waals surface area contributed by atoms with E-state index < -0.39 is 11.7 Å². The van der Waals surface area contributed by atoms with Crippen LogP contribution >= 0.6 is 0 Å². The molecule has 5 nitrogen and oxygen atoms in total. The van der Waals surface area contributed by atoms with Crippen LogP contribution in [0.4, 0.5) is 24.5 Å². The highest BCUT2D eigenvalue weighted by molar-refractivity contribution is 5.84. The molecular weight excluding hydrogens is 463 g/mol. The van der Waals surface area contributed by atoms with Crippen molar-refractivity contribution in [2.45, 2.75) is 32.0 Å². The number of nitrogens with zero attached hydrogens (tertiary/aromatic N) is 4. The van der Waals surface area contributed by atoms with E-state index in [4.69, 9.17) is 9.98 Å². The summed E-state index contributed by atoms with van der Waals surface area (Å²) in [7, 11) is 0. The average molecular weight is 486 g/mol. The van der Waals surface area contributed by atoms with Gasteiger partial charge in [0.05, 0.1) is 56.5 Å². The third kappa shape index (κ3) is 4.19. The number of aryl methyl sites for hydroxylation is 1. The van der Waals surface area contributed by atoms with E-state index in [1.165, 1.54) is 12.1 Å². The van der Waals surface area contributed by atoms with Crippen LogP contribution < -0.4 is 10.7 Å². The topological polar surface area (TPSA) is 55.1 Å². The van der Waals surface area contributed by atoms with Gasteiger partial charge in [0.25, 0.3) is 0 Å². The maximum atomic E-state index is 13.2. The van der Waals surface area contributed by atoms with Gasteiger partial charge in [0.2, 0.25) is 0 Å². The Bertz CT molecular complexity index is 1620.